The molecule has 0 aliphatic heterocycles. The highest BCUT2D eigenvalue weighted by Gasteiger charge is 2.08. The molecular weight excluding hydrogens is 364 g/mol. The lowest BCUT2D eigenvalue weighted by molar-refractivity contribution is 0.102. The van der Waals surface area contributed by atoms with Crippen LogP contribution in [0.2, 0.25) is 0 Å². The molecule has 150 valence electrons. The Morgan fingerprint density at radius 1 is 0.966 bits per heavy atom. The molecule has 3 aromatic rings. The van der Waals surface area contributed by atoms with Crippen molar-refractivity contribution in [1.29, 1.82) is 0 Å². The first-order valence-corrected chi connectivity index (χ1v) is 9.58. The Bertz CT molecular complexity index is 912. The molecule has 6 nitrogen and oxygen atoms in total. The highest BCUT2D eigenvalue weighted by Crippen LogP contribution is 2.23. The Morgan fingerprint density at radius 2 is 1.69 bits per heavy atom. The van der Waals surface area contributed by atoms with E-state index in [1.807, 2.05) is 74.8 Å². The number of rotatable bonds is 9. The fourth-order valence-corrected chi connectivity index (χ4v) is 2.72. The first-order chi connectivity index (χ1) is 14.1. The monoisotopic (exact) mass is 390 g/mol. The number of hydrogen-bond acceptors (Lipinski definition) is 5. The summed E-state index contributed by atoms with van der Waals surface area (Å²) in [7, 11) is 4.10. The molecule has 3 rings (SSSR count). The van der Waals surface area contributed by atoms with E-state index < -0.39 is 0 Å². The molecule has 2 aromatic carbocycles. The van der Waals surface area contributed by atoms with E-state index in [1.54, 1.807) is 12.4 Å². The van der Waals surface area contributed by atoms with Gasteiger partial charge >= 0.3 is 0 Å². The van der Waals surface area contributed by atoms with Crippen molar-refractivity contribution in [3.8, 4) is 11.5 Å². The summed E-state index contributed by atoms with van der Waals surface area (Å²) in [5.41, 5.74) is 2.04. The second-order valence-electron chi connectivity index (χ2n) is 6.94. The molecule has 0 bridgehead atoms. The molecule has 0 spiro atoms. The number of benzene rings is 2. The van der Waals surface area contributed by atoms with E-state index in [2.05, 4.69) is 20.5 Å². The molecule has 6 heteroatoms. The van der Waals surface area contributed by atoms with Gasteiger partial charge in [0, 0.05) is 24.6 Å². The van der Waals surface area contributed by atoms with Crippen molar-refractivity contribution >= 4 is 17.3 Å². The molecule has 29 heavy (non-hydrogen) atoms. The summed E-state index contributed by atoms with van der Waals surface area (Å²) in [6.07, 6.45) is 4.30. The smallest absolute Gasteiger partial charge is 0.257 e. The van der Waals surface area contributed by atoms with E-state index >= 15 is 0 Å². The zero-order valence-electron chi connectivity index (χ0n) is 16.8. The van der Waals surface area contributed by atoms with Crippen LogP contribution < -0.4 is 15.4 Å². The van der Waals surface area contributed by atoms with Crippen molar-refractivity contribution in [2.24, 2.45) is 0 Å². The van der Waals surface area contributed by atoms with Gasteiger partial charge < -0.3 is 20.3 Å². The van der Waals surface area contributed by atoms with Crippen molar-refractivity contribution in [3.63, 3.8) is 0 Å². The van der Waals surface area contributed by atoms with Gasteiger partial charge in [-0.2, -0.15) is 0 Å². The van der Waals surface area contributed by atoms with Crippen LogP contribution >= 0.6 is 0 Å². The topological polar surface area (TPSA) is 66.5 Å². The number of carbonyl (C=O) groups is 1. The van der Waals surface area contributed by atoms with Gasteiger partial charge in [-0.15, -0.1) is 0 Å². The van der Waals surface area contributed by atoms with E-state index in [0.29, 0.717) is 17.0 Å². The normalized spacial score (nSPS) is 10.6. The summed E-state index contributed by atoms with van der Waals surface area (Å²) in [6, 6.07) is 18.6. The minimum Gasteiger partial charge on any atom is -0.457 e. The number of nitrogens with zero attached hydrogens (tertiary/aromatic N) is 2. The van der Waals surface area contributed by atoms with Gasteiger partial charge in [0.25, 0.3) is 5.91 Å². The number of carbonyl (C=O) groups excluding carboxylic acids is 1. The van der Waals surface area contributed by atoms with Gasteiger partial charge in [-0.3, -0.25) is 9.78 Å². The van der Waals surface area contributed by atoms with Crippen molar-refractivity contribution in [1.82, 2.24) is 9.88 Å². The molecule has 1 amide bonds. The van der Waals surface area contributed by atoms with Gasteiger partial charge in [0.15, 0.2) is 0 Å². The zero-order chi connectivity index (χ0) is 20.5. The molecule has 1 heterocycles. The lowest BCUT2D eigenvalue weighted by Crippen LogP contribution is -2.17. The number of aromatic nitrogens is 1. The zero-order valence-corrected chi connectivity index (χ0v) is 16.8. The van der Waals surface area contributed by atoms with Gasteiger partial charge in [-0.1, -0.05) is 18.2 Å². The van der Waals surface area contributed by atoms with Crippen LogP contribution in [0.4, 0.5) is 11.4 Å². The third-order valence-electron chi connectivity index (χ3n) is 4.20. The Labute approximate surface area is 171 Å². The second-order valence-corrected chi connectivity index (χ2v) is 6.94. The van der Waals surface area contributed by atoms with Crippen LogP contribution in [0.15, 0.2) is 73.1 Å². The lowest BCUT2D eigenvalue weighted by Gasteiger charge is -2.11. The molecule has 0 fully saturated rings. The summed E-state index contributed by atoms with van der Waals surface area (Å²) in [6.45, 7) is 1.83. The summed E-state index contributed by atoms with van der Waals surface area (Å²) >= 11 is 0. The van der Waals surface area contributed by atoms with E-state index in [4.69, 9.17) is 4.74 Å². The maximum absolute atomic E-state index is 12.5. The summed E-state index contributed by atoms with van der Waals surface area (Å²) < 4.78 is 5.77. The number of anilines is 2. The molecule has 0 aliphatic carbocycles. The molecule has 0 radical (unpaired) electrons. The highest BCUT2D eigenvalue weighted by atomic mass is 16.5. The van der Waals surface area contributed by atoms with Gasteiger partial charge in [0.1, 0.15) is 11.5 Å². The van der Waals surface area contributed by atoms with Crippen molar-refractivity contribution in [2.75, 3.05) is 37.8 Å². The van der Waals surface area contributed by atoms with E-state index in [-0.39, 0.29) is 5.91 Å². The highest BCUT2D eigenvalue weighted by molar-refractivity contribution is 6.04. The maximum atomic E-state index is 12.5. The van der Waals surface area contributed by atoms with Crippen molar-refractivity contribution in [2.45, 2.75) is 6.42 Å². The molecule has 1 aromatic heterocycles. The lowest BCUT2D eigenvalue weighted by atomic mass is 10.2. The van der Waals surface area contributed by atoms with Crippen molar-refractivity contribution in [3.05, 3.63) is 78.6 Å². The average molecular weight is 390 g/mol. The molecular formula is C23H26N4O2. The summed E-state index contributed by atoms with van der Waals surface area (Å²) in [4.78, 5) is 18.9. The van der Waals surface area contributed by atoms with E-state index in [0.717, 1.165) is 30.9 Å². The van der Waals surface area contributed by atoms with Crippen LogP contribution in [0.3, 0.4) is 0 Å². The van der Waals surface area contributed by atoms with Gasteiger partial charge in [-0.25, -0.2) is 0 Å². The quantitative estimate of drug-likeness (QED) is 0.527. The first kappa shape index (κ1) is 20.4. The second kappa shape index (κ2) is 10.2. The molecule has 0 unspecified atom stereocenters. The summed E-state index contributed by atoms with van der Waals surface area (Å²) in [5, 5.41) is 6.19. The van der Waals surface area contributed by atoms with Crippen LogP contribution in [0.5, 0.6) is 11.5 Å². The minimum absolute atomic E-state index is 0.203. The summed E-state index contributed by atoms with van der Waals surface area (Å²) in [5.74, 6) is 1.27. The number of para-hydroxylation sites is 1. The third-order valence-corrected chi connectivity index (χ3v) is 4.20. The Morgan fingerprint density at radius 3 is 2.41 bits per heavy atom. The first-order valence-electron chi connectivity index (χ1n) is 9.58. The van der Waals surface area contributed by atoms with Crippen LogP contribution in [-0.2, 0) is 0 Å². The number of ether oxygens (including phenoxy) is 1. The van der Waals surface area contributed by atoms with Crippen LogP contribution in [0, 0.1) is 0 Å². The maximum Gasteiger partial charge on any atom is 0.257 e. The Hall–Kier alpha value is -3.38. The van der Waals surface area contributed by atoms with Crippen LogP contribution in [-0.4, -0.2) is 43.0 Å². The van der Waals surface area contributed by atoms with Gasteiger partial charge in [0.2, 0.25) is 0 Å². The fourth-order valence-electron chi connectivity index (χ4n) is 2.72. The van der Waals surface area contributed by atoms with Crippen molar-refractivity contribution < 1.29 is 9.53 Å². The molecule has 0 aliphatic rings. The minimum atomic E-state index is -0.203. The SMILES string of the molecule is CN(C)CCCNc1cncc(C(=O)Nc2ccc(Oc3ccccc3)cc2)c1. The fraction of sp³-hybridized carbons (Fsp3) is 0.217. The number of nitrogens with one attached hydrogen (secondary N) is 2. The number of hydrogen-bond donors (Lipinski definition) is 2. The average Bonchev–Trinajstić information content (AvgIpc) is 2.73. The molecule has 0 atom stereocenters. The van der Waals surface area contributed by atoms with Crippen LogP contribution in [0.1, 0.15) is 16.8 Å². The van der Waals surface area contributed by atoms with E-state index in [9.17, 15) is 4.79 Å². The molecule has 2 N–H and O–H groups in total. The largest absolute Gasteiger partial charge is 0.457 e. The van der Waals surface area contributed by atoms with Gasteiger partial charge in [0.05, 0.1) is 11.3 Å². The Balaban J connectivity index is 1.55. The predicted molar refractivity (Wildman–Crippen MR) is 117 cm³/mol. The number of amides is 1. The predicted octanol–water partition coefficient (Wildman–Crippen LogP) is 4.49. The van der Waals surface area contributed by atoms with E-state index in [1.165, 1.54) is 0 Å². The third kappa shape index (κ3) is 6.62. The molecule has 0 saturated carbocycles. The number of pyridine rings is 1. The van der Waals surface area contributed by atoms with Crippen LogP contribution in [0.25, 0.3) is 0 Å². The Kier molecular flexibility index (Phi) is 7.19. The van der Waals surface area contributed by atoms with Gasteiger partial charge in [-0.05, 0) is 69.5 Å². The molecule has 0 saturated heterocycles. The standard InChI is InChI=1S/C23H26N4O2/c1-27(2)14-6-13-25-20-15-18(16-24-17-20)23(28)26-19-9-11-22(12-10-19)29-21-7-4-3-5-8-21/h3-5,7-12,15-17,25H,6,13-14H2,1-2H3,(H,26,28).